The van der Waals surface area contributed by atoms with Crippen LogP contribution in [0.1, 0.15) is 10.5 Å². The Morgan fingerprint density at radius 3 is 2.82 bits per heavy atom. The normalized spacial score (nSPS) is 20.6. The molecule has 0 aliphatic carbocycles. The summed E-state index contributed by atoms with van der Waals surface area (Å²) in [7, 11) is 1.33. The van der Waals surface area contributed by atoms with E-state index in [1.165, 1.54) is 13.3 Å². The molecule has 0 atom stereocenters. The molecule has 2 aliphatic heterocycles. The van der Waals surface area contributed by atoms with E-state index in [1.807, 2.05) is 0 Å². The third kappa shape index (κ3) is 1.64. The highest BCUT2D eigenvalue weighted by atomic mass is 16.5. The molecule has 0 aromatic carbocycles. The molecular weight excluding hydrogens is 222 g/mol. The molecule has 1 spiro atoms. The van der Waals surface area contributed by atoms with Gasteiger partial charge in [-0.25, -0.2) is 9.78 Å². The second-order valence-corrected chi connectivity index (χ2v) is 4.60. The lowest BCUT2D eigenvalue weighted by Crippen LogP contribution is -2.66. The van der Waals surface area contributed by atoms with Crippen LogP contribution in [0.15, 0.2) is 12.4 Å². The van der Waals surface area contributed by atoms with Gasteiger partial charge in [0.15, 0.2) is 5.69 Å². The van der Waals surface area contributed by atoms with Crippen LogP contribution in [0.3, 0.4) is 0 Å². The molecule has 17 heavy (non-hydrogen) atoms. The summed E-state index contributed by atoms with van der Waals surface area (Å²) in [4.78, 5) is 21.7. The summed E-state index contributed by atoms with van der Waals surface area (Å²) in [6.07, 6.45) is 3.08. The molecule has 2 fully saturated rings. The fourth-order valence-electron chi connectivity index (χ4n) is 2.21. The topological polar surface area (TPSA) is 64.5 Å². The van der Waals surface area contributed by atoms with Crippen molar-refractivity contribution in [1.29, 1.82) is 0 Å². The molecule has 0 saturated carbocycles. The molecule has 0 radical (unpaired) electrons. The number of nitrogens with zero attached hydrogens (tertiary/aromatic N) is 3. The lowest BCUT2D eigenvalue weighted by molar-refractivity contribution is -0.127. The molecule has 0 N–H and O–H groups in total. The molecule has 0 unspecified atom stereocenters. The number of methoxy groups -OCH3 is 1. The molecule has 90 valence electrons. The second-order valence-electron chi connectivity index (χ2n) is 4.60. The van der Waals surface area contributed by atoms with E-state index in [1.54, 1.807) is 6.20 Å². The lowest BCUT2D eigenvalue weighted by Gasteiger charge is -2.55. The minimum atomic E-state index is -0.457. The molecule has 0 bridgehead atoms. The first-order valence-corrected chi connectivity index (χ1v) is 5.46. The number of hydrogen-bond acceptors (Lipinski definition) is 6. The maximum Gasteiger partial charge on any atom is 0.358 e. The van der Waals surface area contributed by atoms with Gasteiger partial charge in [0.25, 0.3) is 0 Å². The zero-order valence-electron chi connectivity index (χ0n) is 9.55. The number of hydrogen-bond donors (Lipinski definition) is 0. The fraction of sp³-hybridized carbons (Fsp3) is 0.545. The number of carbonyl (C=O) groups excluding carboxylic acids is 1. The van der Waals surface area contributed by atoms with Gasteiger partial charge in [0.05, 0.1) is 38.1 Å². The number of rotatable bonds is 2. The summed E-state index contributed by atoms with van der Waals surface area (Å²) in [5, 5.41) is 0. The lowest BCUT2D eigenvalue weighted by atomic mass is 9.78. The van der Waals surface area contributed by atoms with Gasteiger partial charge in [-0.2, -0.15) is 0 Å². The molecule has 0 amide bonds. The van der Waals surface area contributed by atoms with E-state index in [-0.39, 0.29) is 5.69 Å². The number of esters is 1. The van der Waals surface area contributed by atoms with Crippen molar-refractivity contribution in [1.82, 2.24) is 9.97 Å². The highest BCUT2D eigenvalue weighted by Crippen LogP contribution is 2.39. The highest BCUT2D eigenvalue weighted by molar-refractivity contribution is 5.87. The average molecular weight is 235 g/mol. The maximum atomic E-state index is 11.3. The molecule has 1 aromatic rings. The molecule has 2 aliphatic rings. The standard InChI is InChI=1S/C11H13N3O3/c1-16-10(15)8-2-12-3-9(13-8)14-4-11(5-14)6-17-7-11/h2-3H,4-7H2,1H3. The third-order valence-corrected chi connectivity index (χ3v) is 3.21. The Morgan fingerprint density at radius 2 is 2.24 bits per heavy atom. The van der Waals surface area contributed by atoms with Crippen LogP contribution in [0.5, 0.6) is 0 Å². The summed E-state index contributed by atoms with van der Waals surface area (Å²) in [5.41, 5.74) is 0.568. The van der Waals surface area contributed by atoms with Crippen molar-refractivity contribution in [2.45, 2.75) is 0 Å². The Labute approximate surface area is 98.6 Å². The van der Waals surface area contributed by atoms with E-state index in [0.717, 1.165) is 32.1 Å². The number of anilines is 1. The van der Waals surface area contributed by atoms with Gasteiger partial charge in [-0.3, -0.25) is 4.98 Å². The van der Waals surface area contributed by atoms with Gasteiger partial charge in [-0.05, 0) is 0 Å². The first-order valence-electron chi connectivity index (χ1n) is 5.46. The van der Waals surface area contributed by atoms with Crippen LogP contribution in [0.25, 0.3) is 0 Å². The van der Waals surface area contributed by atoms with Gasteiger partial charge >= 0.3 is 5.97 Å². The van der Waals surface area contributed by atoms with Gasteiger partial charge in [-0.15, -0.1) is 0 Å². The minimum Gasteiger partial charge on any atom is -0.464 e. The second kappa shape index (κ2) is 3.66. The summed E-state index contributed by atoms with van der Waals surface area (Å²) < 4.78 is 9.82. The monoisotopic (exact) mass is 235 g/mol. The third-order valence-electron chi connectivity index (χ3n) is 3.21. The summed E-state index contributed by atoms with van der Waals surface area (Å²) in [6.45, 7) is 3.50. The Bertz CT molecular complexity index is 451. The van der Waals surface area contributed by atoms with Crippen molar-refractivity contribution >= 4 is 11.8 Å². The molecular formula is C11H13N3O3. The minimum absolute atomic E-state index is 0.246. The first-order chi connectivity index (χ1) is 8.22. The molecule has 6 heteroatoms. The fourth-order valence-corrected chi connectivity index (χ4v) is 2.21. The quantitative estimate of drug-likeness (QED) is 0.677. The number of carbonyl (C=O) groups is 1. The SMILES string of the molecule is COC(=O)c1cncc(N2CC3(COC3)C2)n1. The number of aromatic nitrogens is 2. The maximum absolute atomic E-state index is 11.3. The van der Waals surface area contributed by atoms with E-state index >= 15 is 0 Å². The van der Waals surface area contributed by atoms with E-state index in [0.29, 0.717) is 5.41 Å². The van der Waals surface area contributed by atoms with Gasteiger partial charge in [-0.1, -0.05) is 0 Å². The van der Waals surface area contributed by atoms with Crippen molar-refractivity contribution in [2.75, 3.05) is 38.3 Å². The van der Waals surface area contributed by atoms with Crippen molar-refractivity contribution in [3.8, 4) is 0 Å². The largest absolute Gasteiger partial charge is 0.464 e. The summed E-state index contributed by atoms with van der Waals surface area (Å²) >= 11 is 0. The molecule has 3 heterocycles. The summed E-state index contributed by atoms with van der Waals surface area (Å²) in [6, 6.07) is 0. The van der Waals surface area contributed by atoms with Crippen LogP contribution in [0.4, 0.5) is 5.82 Å². The highest BCUT2D eigenvalue weighted by Gasteiger charge is 2.49. The van der Waals surface area contributed by atoms with Crippen LogP contribution in [-0.4, -0.2) is 49.4 Å². The smallest absolute Gasteiger partial charge is 0.358 e. The zero-order chi connectivity index (χ0) is 11.9. The Balaban J connectivity index is 1.73. The average Bonchev–Trinajstić information content (AvgIpc) is 2.25. The van der Waals surface area contributed by atoms with Gasteiger partial charge in [0.2, 0.25) is 0 Å². The van der Waals surface area contributed by atoms with Crippen molar-refractivity contribution in [2.24, 2.45) is 5.41 Å². The van der Waals surface area contributed by atoms with Crippen molar-refractivity contribution in [3.05, 3.63) is 18.1 Å². The number of ether oxygens (including phenoxy) is 2. The van der Waals surface area contributed by atoms with Gasteiger partial charge in [0.1, 0.15) is 5.82 Å². The van der Waals surface area contributed by atoms with Crippen LogP contribution in [0, 0.1) is 5.41 Å². The molecule has 3 rings (SSSR count). The molecule has 6 nitrogen and oxygen atoms in total. The van der Waals surface area contributed by atoms with Gasteiger partial charge in [0, 0.05) is 13.1 Å². The van der Waals surface area contributed by atoms with Crippen LogP contribution < -0.4 is 4.90 Å². The van der Waals surface area contributed by atoms with E-state index < -0.39 is 5.97 Å². The van der Waals surface area contributed by atoms with Crippen molar-refractivity contribution < 1.29 is 14.3 Å². The predicted octanol–water partition coefficient (Wildman–Crippen LogP) is 0.0998. The van der Waals surface area contributed by atoms with E-state index in [9.17, 15) is 4.79 Å². The van der Waals surface area contributed by atoms with E-state index in [2.05, 4.69) is 19.6 Å². The Kier molecular flexibility index (Phi) is 2.25. The van der Waals surface area contributed by atoms with Crippen molar-refractivity contribution in [3.63, 3.8) is 0 Å². The van der Waals surface area contributed by atoms with E-state index in [4.69, 9.17) is 4.74 Å². The van der Waals surface area contributed by atoms with Crippen LogP contribution in [-0.2, 0) is 9.47 Å². The van der Waals surface area contributed by atoms with Gasteiger partial charge < -0.3 is 14.4 Å². The predicted molar refractivity (Wildman–Crippen MR) is 58.8 cm³/mol. The Morgan fingerprint density at radius 1 is 1.47 bits per heavy atom. The Hall–Kier alpha value is -1.69. The first kappa shape index (κ1) is 10.5. The van der Waals surface area contributed by atoms with Crippen LogP contribution >= 0.6 is 0 Å². The summed E-state index contributed by atoms with van der Waals surface area (Å²) in [5.74, 6) is 0.270. The molecule has 1 aromatic heterocycles. The molecule has 2 saturated heterocycles. The zero-order valence-corrected chi connectivity index (χ0v) is 9.55. The van der Waals surface area contributed by atoms with Crippen LogP contribution in [0.2, 0.25) is 0 Å².